The topological polar surface area (TPSA) is 16.4 Å². The van der Waals surface area contributed by atoms with E-state index < -0.39 is 0 Å². The minimum absolute atomic E-state index is 0.0672. The lowest BCUT2D eigenvalue weighted by Crippen LogP contribution is -2.30. The van der Waals surface area contributed by atoms with E-state index in [1.165, 1.54) is 69.7 Å². The van der Waals surface area contributed by atoms with Crippen molar-refractivity contribution in [3.63, 3.8) is 0 Å². The first-order valence-electron chi connectivity index (χ1n) is 18.9. The molecule has 2 nitrogen and oxygen atoms in total. The Bertz CT molecular complexity index is 3110. The molecular formula is C52H35NOS. The van der Waals surface area contributed by atoms with Gasteiger partial charge in [0, 0.05) is 36.6 Å². The zero-order chi connectivity index (χ0) is 36.3. The van der Waals surface area contributed by atoms with Crippen LogP contribution in [0.2, 0.25) is 0 Å². The predicted octanol–water partition coefficient (Wildman–Crippen LogP) is 15.0. The number of furan rings is 1. The van der Waals surface area contributed by atoms with Crippen LogP contribution in [0.25, 0.3) is 80.7 Å². The second kappa shape index (κ2) is 13.0. The van der Waals surface area contributed by atoms with E-state index in [9.17, 15) is 0 Å². The van der Waals surface area contributed by atoms with Crippen LogP contribution in [0.3, 0.4) is 0 Å². The number of nitrogens with zero attached hydrogens (tertiary/aromatic N) is 1. The molecule has 55 heavy (non-hydrogen) atoms. The maximum absolute atomic E-state index is 6.92. The molecular weight excluding hydrogens is 687 g/mol. The largest absolute Gasteiger partial charge is 0.454 e. The van der Waals surface area contributed by atoms with E-state index in [0.29, 0.717) is 0 Å². The predicted molar refractivity (Wildman–Crippen MR) is 236 cm³/mol. The van der Waals surface area contributed by atoms with Crippen molar-refractivity contribution in [1.82, 2.24) is 0 Å². The molecule has 2 aromatic heterocycles. The Kier molecular flexibility index (Phi) is 7.53. The van der Waals surface area contributed by atoms with Gasteiger partial charge in [-0.2, -0.15) is 0 Å². The van der Waals surface area contributed by atoms with E-state index in [-0.39, 0.29) is 6.04 Å². The Morgan fingerprint density at radius 3 is 2.00 bits per heavy atom. The third-order valence-electron chi connectivity index (χ3n) is 11.2. The van der Waals surface area contributed by atoms with E-state index in [4.69, 9.17) is 4.42 Å². The van der Waals surface area contributed by atoms with Gasteiger partial charge in [-0.25, -0.2) is 0 Å². The molecule has 1 aliphatic rings. The van der Waals surface area contributed by atoms with E-state index in [0.717, 1.165) is 34.3 Å². The molecule has 3 heteroatoms. The summed E-state index contributed by atoms with van der Waals surface area (Å²) in [4.78, 5) is 2.51. The van der Waals surface area contributed by atoms with Gasteiger partial charge in [0.25, 0.3) is 0 Å². The van der Waals surface area contributed by atoms with Crippen LogP contribution in [-0.4, -0.2) is 6.04 Å². The Labute approximate surface area is 323 Å². The minimum Gasteiger partial charge on any atom is -0.454 e. The van der Waals surface area contributed by atoms with E-state index in [1.54, 1.807) is 0 Å². The van der Waals surface area contributed by atoms with Gasteiger partial charge in [-0.15, -0.1) is 11.3 Å². The minimum atomic E-state index is 0.0672. The van der Waals surface area contributed by atoms with Gasteiger partial charge in [0.05, 0.1) is 11.7 Å². The fourth-order valence-electron chi connectivity index (χ4n) is 8.43. The molecule has 260 valence electrons. The van der Waals surface area contributed by atoms with Crippen LogP contribution in [0.4, 0.5) is 11.4 Å². The highest BCUT2D eigenvalue weighted by molar-refractivity contribution is 7.26. The van der Waals surface area contributed by atoms with Crippen molar-refractivity contribution >= 4 is 81.2 Å². The number of anilines is 2. The van der Waals surface area contributed by atoms with Crippen molar-refractivity contribution in [3.8, 4) is 22.3 Å². The fraction of sp³-hybridized carbons (Fsp3) is 0.0385. The summed E-state index contributed by atoms with van der Waals surface area (Å²) < 4.78 is 9.46. The van der Waals surface area contributed by atoms with Crippen LogP contribution < -0.4 is 4.90 Å². The highest BCUT2D eigenvalue weighted by atomic mass is 32.1. The van der Waals surface area contributed by atoms with Gasteiger partial charge in [-0.3, -0.25) is 0 Å². The average molecular weight is 722 g/mol. The summed E-state index contributed by atoms with van der Waals surface area (Å²) in [6, 6.07) is 63.7. The van der Waals surface area contributed by atoms with Gasteiger partial charge in [0.15, 0.2) is 5.58 Å². The van der Waals surface area contributed by atoms with Gasteiger partial charge in [-0.05, 0) is 93.0 Å². The highest BCUT2D eigenvalue weighted by Crippen LogP contribution is 2.49. The molecule has 0 bridgehead atoms. The molecule has 0 aliphatic heterocycles. The van der Waals surface area contributed by atoms with Crippen molar-refractivity contribution in [2.24, 2.45) is 0 Å². The number of para-hydroxylation sites is 1. The molecule has 8 aromatic carbocycles. The lowest BCUT2D eigenvalue weighted by molar-refractivity contribution is 0.665. The smallest absolute Gasteiger partial charge is 0.160 e. The summed E-state index contributed by atoms with van der Waals surface area (Å²) in [7, 11) is 0. The molecule has 1 unspecified atom stereocenters. The van der Waals surface area contributed by atoms with Crippen molar-refractivity contribution in [2.75, 3.05) is 4.90 Å². The maximum Gasteiger partial charge on any atom is 0.160 e. The van der Waals surface area contributed by atoms with Crippen molar-refractivity contribution in [3.05, 3.63) is 200 Å². The number of rotatable bonds is 6. The molecule has 0 spiro atoms. The molecule has 1 aliphatic carbocycles. The SMILES string of the molecule is C1=CC(N(c2ccc(-c3ccc4ccccc4c3)cc2)c2cc3c4cc(-c5ccccc5)ccc4sc3c3c2oc2ccccc23)CC=C1c1ccccc1. The third-order valence-corrected chi connectivity index (χ3v) is 12.4. The maximum atomic E-state index is 6.92. The lowest BCUT2D eigenvalue weighted by atomic mass is 9.95. The third kappa shape index (κ3) is 5.47. The van der Waals surface area contributed by atoms with E-state index in [2.05, 4.69) is 199 Å². The Morgan fingerprint density at radius 1 is 0.527 bits per heavy atom. The quantitative estimate of drug-likeness (QED) is 0.170. The molecule has 1 atom stereocenters. The van der Waals surface area contributed by atoms with E-state index >= 15 is 0 Å². The monoisotopic (exact) mass is 721 g/mol. The summed E-state index contributed by atoms with van der Waals surface area (Å²) in [5, 5.41) is 7.36. The Balaban J connectivity index is 1.12. The van der Waals surface area contributed by atoms with Gasteiger partial charge >= 0.3 is 0 Å². The van der Waals surface area contributed by atoms with Crippen LogP contribution in [-0.2, 0) is 0 Å². The fourth-order valence-corrected chi connectivity index (χ4v) is 9.64. The van der Waals surface area contributed by atoms with Crippen molar-refractivity contribution in [2.45, 2.75) is 12.5 Å². The number of fused-ring (bicyclic) bond motifs is 8. The summed E-state index contributed by atoms with van der Waals surface area (Å²) in [6.07, 6.45) is 7.91. The molecule has 0 N–H and O–H groups in total. The summed E-state index contributed by atoms with van der Waals surface area (Å²) in [5.74, 6) is 0. The number of allylic oxidation sites excluding steroid dienone is 2. The first-order valence-corrected chi connectivity index (χ1v) is 19.7. The molecule has 11 rings (SSSR count). The molecule has 0 amide bonds. The first kappa shape index (κ1) is 31.8. The zero-order valence-electron chi connectivity index (χ0n) is 30.0. The van der Waals surface area contributed by atoms with Crippen LogP contribution in [0.1, 0.15) is 12.0 Å². The number of hydrogen-bond acceptors (Lipinski definition) is 3. The highest BCUT2D eigenvalue weighted by Gasteiger charge is 2.27. The normalized spacial score (nSPS) is 14.3. The molecule has 2 heterocycles. The standard InChI is InChI=1S/C52H35NOS/c1-3-11-34(12-4-1)37-21-26-42(27-22-37)53(43-28-23-38(24-29-43)40-20-19-36-15-7-8-16-39(36)31-40)47-33-46-45-32-41(35-13-5-2-6-14-35)25-30-49(45)55-52(46)50-44-17-9-10-18-48(44)54-51(47)50/h1-26,28-33,42H,27H2. The molecule has 0 saturated carbocycles. The van der Waals surface area contributed by atoms with Gasteiger partial charge in [-0.1, -0.05) is 152 Å². The first-order chi connectivity index (χ1) is 27.2. The van der Waals surface area contributed by atoms with Crippen LogP contribution in [0.15, 0.2) is 199 Å². The van der Waals surface area contributed by atoms with Gasteiger partial charge in [0.2, 0.25) is 0 Å². The number of hydrogen-bond donors (Lipinski definition) is 0. The molecule has 0 radical (unpaired) electrons. The van der Waals surface area contributed by atoms with Crippen LogP contribution >= 0.6 is 11.3 Å². The number of benzene rings is 8. The molecule has 0 fully saturated rings. The summed E-state index contributed by atoms with van der Waals surface area (Å²) in [5.41, 5.74) is 11.4. The van der Waals surface area contributed by atoms with Gasteiger partial charge < -0.3 is 9.32 Å². The van der Waals surface area contributed by atoms with Gasteiger partial charge in [0.1, 0.15) is 5.58 Å². The summed E-state index contributed by atoms with van der Waals surface area (Å²) >= 11 is 1.86. The molecule has 0 saturated heterocycles. The molecule has 10 aromatic rings. The zero-order valence-corrected chi connectivity index (χ0v) is 30.8. The second-order valence-corrected chi connectivity index (χ2v) is 15.5. The van der Waals surface area contributed by atoms with Crippen LogP contribution in [0.5, 0.6) is 0 Å². The summed E-state index contributed by atoms with van der Waals surface area (Å²) in [6.45, 7) is 0. The van der Waals surface area contributed by atoms with Crippen molar-refractivity contribution < 1.29 is 4.42 Å². The lowest BCUT2D eigenvalue weighted by Gasteiger charge is -2.33. The number of thiophene rings is 1. The Hall–Kier alpha value is -6.68. The van der Waals surface area contributed by atoms with E-state index in [1.807, 2.05) is 11.3 Å². The Morgan fingerprint density at radius 2 is 1.20 bits per heavy atom. The van der Waals surface area contributed by atoms with Crippen molar-refractivity contribution in [1.29, 1.82) is 0 Å². The second-order valence-electron chi connectivity index (χ2n) is 14.4. The average Bonchev–Trinajstić information content (AvgIpc) is 3.83. The van der Waals surface area contributed by atoms with Crippen LogP contribution in [0, 0.1) is 0 Å².